The summed E-state index contributed by atoms with van der Waals surface area (Å²) in [6.45, 7) is 2.23. The van der Waals surface area contributed by atoms with Crippen LogP contribution in [0.25, 0.3) is 11.8 Å². The van der Waals surface area contributed by atoms with Gasteiger partial charge in [0.25, 0.3) is 11.5 Å². The number of aromatic nitrogens is 1. The number of halogens is 4. The number of carbonyl (C=O) groups excluding carboxylic acids is 2. The van der Waals surface area contributed by atoms with Gasteiger partial charge in [0.05, 0.1) is 25.4 Å². The van der Waals surface area contributed by atoms with Crippen LogP contribution in [0.15, 0.2) is 23.0 Å². The van der Waals surface area contributed by atoms with E-state index in [2.05, 4.69) is 10.6 Å². The largest absolute Gasteiger partial charge is 0.405 e. The van der Waals surface area contributed by atoms with Crippen LogP contribution in [-0.2, 0) is 20.9 Å². The molecule has 3 N–H and O–H groups in total. The van der Waals surface area contributed by atoms with E-state index in [1.165, 1.54) is 18.3 Å². The van der Waals surface area contributed by atoms with Crippen molar-refractivity contribution in [2.75, 3.05) is 50.0 Å². The number of anilines is 2. The van der Waals surface area contributed by atoms with E-state index in [-0.39, 0.29) is 28.0 Å². The maximum absolute atomic E-state index is 14.3. The van der Waals surface area contributed by atoms with Gasteiger partial charge in [-0.1, -0.05) is 0 Å². The van der Waals surface area contributed by atoms with Gasteiger partial charge in [0.15, 0.2) is 5.57 Å². The van der Waals surface area contributed by atoms with E-state index in [0.29, 0.717) is 32.0 Å². The molecule has 0 saturated carbocycles. The lowest BCUT2D eigenvalue weighted by atomic mass is 10.2. The van der Waals surface area contributed by atoms with Crippen LogP contribution < -0.4 is 30.7 Å². The van der Waals surface area contributed by atoms with Crippen molar-refractivity contribution in [1.82, 2.24) is 14.8 Å². The first-order chi connectivity index (χ1) is 18.0. The van der Waals surface area contributed by atoms with Crippen LogP contribution in [0.3, 0.4) is 0 Å². The summed E-state index contributed by atoms with van der Waals surface area (Å²) < 4.78 is 57.9. The third kappa shape index (κ3) is 7.63. The fourth-order valence-electron chi connectivity index (χ4n) is 3.47. The highest BCUT2D eigenvalue weighted by Gasteiger charge is 2.29. The van der Waals surface area contributed by atoms with Crippen molar-refractivity contribution in [3.8, 4) is 6.07 Å². The van der Waals surface area contributed by atoms with E-state index in [4.69, 9.17) is 4.74 Å². The van der Waals surface area contributed by atoms with E-state index in [1.807, 2.05) is 4.90 Å². The Morgan fingerprint density at radius 2 is 1.97 bits per heavy atom. The number of hydrogen-bond acceptors (Lipinski definition) is 8. The molecule has 1 aromatic heterocycles. The molecule has 1 aliphatic heterocycles. The summed E-state index contributed by atoms with van der Waals surface area (Å²) in [7, 11) is 0. The van der Waals surface area contributed by atoms with Crippen LogP contribution >= 0.6 is 11.3 Å². The van der Waals surface area contributed by atoms with Gasteiger partial charge in [-0.3, -0.25) is 23.9 Å². The molecule has 1 aromatic carbocycles. The van der Waals surface area contributed by atoms with Gasteiger partial charge in [0, 0.05) is 31.5 Å². The Labute approximate surface area is 217 Å². The quantitative estimate of drug-likeness (QED) is 0.405. The van der Waals surface area contributed by atoms with Gasteiger partial charge in [0.2, 0.25) is 5.91 Å². The fraction of sp³-hybridized carbons (Fsp3) is 0.391. The molecule has 204 valence electrons. The van der Waals surface area contributed by atoms with Crippen molar-refractivity contribution in [2.45, 2.75) is 19.6 Å². The predicted octanol–water partition coefficient (Wildman–Crippen LogP) is 0.542. The predicted molar refractivity (Wildman–Crippen MR) is 132 cm³/mol. The Morgan fingerprint density at radius 1 is 1.26 bits per heavy atom. The minimum atomic E-state index is -4.67. The second kappa shape index (κ2) is 12.7. The zero-order valence-electron chi connectivity index (χ0n) is 20.2. The number of benzene rings is 1. The van der Waals surface area contributed by atoms with E-state index >= 15 is 0 Å². The Hall–Kier alpha value is -3.74. The topological polar surface area (TPSA) is 128 Å². The van der Waals surface area contributed by atoms with E-state index in [1.54, 1.807) is 18.3 Å². The van der Waals surface area contributed by atoms with Crippen molar-refractivity contribution in [3.05, 3.63) is 43.6 Å². The number of morpholine rings is 1. The number of nitrogens with zero attached hydrogens (tertiary/aromatic N) is 3. The highest BCUT2D eigenvalue weighted by molar-refractivity contribution is 7.07. The first-order valence-electron chi connectivity index (χ1n) is 11.4. The van der Waals surface area contributed by atoms with Gasteiger partial charge >= 0.3 is 6.18 Å². The molecule has 10 nitrogen and oxygen atoms in total. The summed E-state index contributed by atoms with van der Waals surface area (Å²) in [6, 6.07) is 5.38. The second-order valence-corrected chi connectivity index (χ2v) is 9.06. The molecular weight excluding hydrogens is 532 g/mol. The van der Waals surface area contributed by atoms with Crippen LogP contribution in [0.4, 0.5) is 28.9 Å². The number of carbonyl (C=O) groups is 2. The monoisotopic (exact) mass is 556 g/mol. The third-order valence-corrected chi connectivity index (χ3v) is 6.44. The Kier molecular flexibility index (Phi) is 9.61. The zero-order valence-corrected chi connectivity index (χ0v) is 21.0. The minimum absolute atomic E-state index is 0.0421. The lowest BCUT2D eigenvalue weighted by Crippen LogP contribution is -2.41. The average Bonchev–Trinajstić information content (AvgIpc) is 3.18. The lowest BCUT2D eigenvalue weighted by molar-refractivity contribution is -0.135. The standard InChI is InChI=1S/C23H24F4N6O4S/c1-2-33-21(36)18(38-22(33)15(10-28)20(35)30-13-23(25,26)27)11-29-14-3-4-16(24)17(9-14)31-19(34)12-32-5-7-37-8-6-32/h3-4,9,11,29H,2,5-8,12-13H2,1H3,(H,30,35)(H,31,34)/b18-11+,22-15-. The van der Waals surface area contributed by atoms with Gasteiger partial charge < -0.3 is 20.7 Å². The number of ether oxygens (including phenoxy) is 1. The average molecular weight is 557 g/mol. The first-order valence-corrected chi connectivity index (χ1v) is 12.2. The maximum Gasteiger partial charge on any atom is 0.405 e. The molecule has 0 atom stereocenters. The van der Waals surface area contributed by atoms with Crippen molar-refractivity contribution >= 4 is 46.3 Å². The van der Waals surface area contributed by atoms with Crippen LogP contribution in [0.5, 0.6) is 0 Å². The molecule has 0 unspecified atom stereocenters. The minimum Gasteiger partial charge on any atom is -0.379 e. The number of nitrogens with one attached hydrogen (secondary N) is 3. The van der Waals surface area contributed by atoms with Crippen molar-refractivity contribution in [3.63, 3.8) is 0 Å². The Balaban J connectivity index is 1.84. The van der Waals surface area contributed by atoms with Crippen molar-refractivity contribution < 1.29 is 31.9 Å². The third-order valence-electron chi connectivity index (χ3n) is 5.31. The second-order valence-electron chi connectivity index (χ2n) is 8.03. The molecule has 0 spiro atoms. The molecule has 3 rings (SSSR count). The number of amides is 2. The van der Waals surface area contributed by atoms with Crippen LogP contribution in [0.1, 0.15) is 6.92 Å². The van der Waals surface area contributed by atoms with Crippen LogP contribution in [0.2, 0.25) is 0 Å². The van der Waals surface area contributed by atoms with Gasteiger partial charge in [-0.15, -0.1) is 11.3 Å². The fourth-order valence-corrected chi connectivity index (χ4v) is 4.56. The zero-order chi connectivity index (χ0) is 27.9. The summed E-state index contributed by atoms with van der Waals surface area (Å²) in [4.78, 5) is 39.2. The smallest absolute Gasteiger partial charge is 0.379 e. The van der Waals surface area contributed by atoms with Crippen molar-refractivity contribution in [2.24, 2.45) is 0 Å². The molecule has 1 fully saturated rings. The normalized spacial score (nSPS) is 15.5. The van der Waals surface area contributed by atoms with Gasteiger partial charge in [0.1, 0.15) is 27.6 Å². The highest BCUT2D eigenvalue weighted by Crippen LogP contribution is 2.20. The van der Waals surface area contributed by atoms with Crippen LogP contribution in [0, 0.1) is 17.1 Å². The number of rotatable bonds is 8. The number of alkyl halides is 3. The summed E-state index contributed by atoms with van der Waals surface area (Å²) in [6.07, 6.45) is -3.41. The van der Waals surface area contributed by atoms with Crippen LogP contribution in [-0.4, -0.2) is 66.9 Å². The molecule has 38 heavy (non-hydrogen) atoms. The molecule has 1 saturated heterocycles. The summed E-state index contributed by atoms with van der Waals surface area (Å²) in [5, 5.41) is 16.3. The molecule has 0 aliphatic carbocycles. The number of nitriles is 1. The molecule has 0 radical (unpaired) electrons. The molecule has 1 aliphatic rings. The Bertz CT molecular complexity index is 1410. The molecule has 2 heterocycles. The van der Waals surface area contributed by atoms with Gasteiger partial charge in [-0.25, -0.2) is 4.39 Å². The van der Waals surface area contributed by atoms with E-state index in [9.17, 15) is 37.2 Å². The summed E-state index contributed by atoms with van der Waals surface area (Å²) in [5.41, 5.74) is -0.985. The number of thiazole rings is 1. The lowest BCUT2D eigenvalue weighted by Gasteiger charge is -2.25. The van der Waals surface area contributed by atoms with Gasteiger partial charge in [-0.05, 0) is 25.1 Å². The molecule has 2 aromatic rings. The SMILES string of the molecule is CCn1c(=O)/c(=C\Nc2ccc(F)c(NC(=O)CN3CCOCC3)c2)s/c1=C(/C#N)C(=O)NCC(F)(F)F. The first kappa shape index (κ1) is 28.8. The maximum atomic E-state index is 14.3. The molecular formula is C23H24F4N6O4S. The Morgan fingerprint density at radius 3 is 2.61 bits per heavy atom. The molecule has 2 amide bonds. The molecule has 0 bridgehead atoms. The van der Waals surface area contributed by atoms with Gasteiger partial charge in [-0.2, -0.15) is 18.4 Å². The van der Waals surface area contributed by atoms with E-state index < -0.39 is 41.5 Å². The van der Waals surface area contributed by atoms with Crippen molar-refractivity contribution in [1.29, 1.82) is 5.26 Å². The molecule has 15 heteroatoms. The number of hydrogen-bond donors (Lipinski definition) is 3. The van der Waals surface area contributed by atoms with E-state index in [0.717, 1.165) is 22.0 Å². The summed E-state index contributed by atoms with van der Waals surface area (Å²) >= 11 is 0.733. The summed E-state index contributed by atoms with van der Waals surface area (Å²) in [5.74, 6) is -2.34. The highest BCUT2D eigenvalue weighted by atomic mass is 32.1.